The molecule has 0 saturated carbocycles. The molecule has 0 saturated heterocycles. The van der Waals surface area contributed by atoms with Crippen molar-refractivity contribution < 1.29 is 1.43 Å². The number of hydrogen-bond donors (Lipinski definition) is 1. The van der Waals surface area contributed by atoms with E-state index >= 15 is 0 Å². The average molecular weight is 117 g/mol. The molecule has 0 spiro atoms. The van der Waals surface area contributed by atoms with Gasteiger partial charge >= 0.3 is 0 Å². The maximum Gasteiger partial charge on any atom is 0 e. The van der Waals surface area contributed by atoms with Gasteiger partial charge in [-0.2, -0.15) is 0 Å². The Morgan fingerprint density at radius 2 is 2.12 bits per heavy atom. The van der Waals surface area contributed by atoms with Crippen molar-refractivity contribution in [1.82, 2.24) is 5.32 Å². The van der Waals surface area contributed by atoms with Gasteiger partial charge in [0.25, 0.3) is 0 Å². The van der Waals surface area contributed by atoms with Crippen LogP contribution in [0.1, 0.15) is 28.6 Å². The molecule has 0 aromatic carbocycles. The van der Waals surface area contributed by atoms with E-state index < -0.39 is 0 Å². The van der Waals surface area contributed by atoms with Gasteiger partial charge in [0.05, 0.1) is 0 Å². The van der Waals surface area contributed by atoms with Crippen molar-refractivity contribution in [2.75, 3.05) is 13.1 Å². The molecule has 0 fully saturated rings. The first-order valence-electron chi connectivity index (χ1n) is 3.48. The molecule has 1 heteroatoms. The highest BCUT2D eigenvalue weighted by Gasteiger charge is 1.88. The molecule has 1 N–H and O–H groups in total. The zero-order chi connectivity index (χ0) is 6.41. The summed E-state index contributed by atoms with van der Waals surface area (Å²) in [7, 11) is 0. The first kappa shape index (κ1) is 7.96. The topological polar surface area (TPSA) is 12.0 Å². The molecule has 0 amide bonds. The molecule has 0 aliphatic carbocycles. The highest BCUT2D eigenvalue weighted by molar-refractivity contribution is 4.48. The largest absolute Gasteiger partial charge is 0.316 e. The zero-order valence-electron chi connectivity index (χ0n) is 6.20. The quantitative estimate of drug-likeness (QED) is 0.554. The summed E-state index contributed by atoms with van der Waals surface area (Å²) in [6.07, 6.45) is 1.24. The minimum absolute atomic E-state index is 0. The van der Waals surface area contributed by atoms with Crippen LogP contribution in [0.5, 0.6) is 0 Å². The molecular weight excluding hydrogens is 98.1 g/mol. The maximum atomic E-state index is 3.33. The fourth-order valence-electron chi connectivity index (χ4n) is 0.568. The Morgan fingerprint density at radius 1 is 1.50 bits per heavy atom. The average Bonchev–Trinajstić information content (AvgIpc) is 1.66. The second kappa shape index (κ2) is 5.10. The van der Waals surface area contributed by atoms with Gasteiger partial charge in [-0.25, -0.2) is 0 Å². The summed E-state index contributed by atoms with van der Waals surface area (Å²) in [5.74, 6) is 0.793. The van der Waals surface area contributed by atoms with Gasteiger partial charge < -0.3 is 5.32 Å². The summed E-state index contributed by atoms with van der Waals surface area (Å²) in [6, 6.07) is 0. The Bertz CT molecular complexity index is 46.2. The Labute approximate surface area is 54.0 Å². The maximum absolute atomic E-state index is 3.33. The minimum atomic E-state index is 0. The Balaban J connectivity index is 0. The van der Waals surface area contributed by atoms with Gasteiger partial charge in [0.1, 0.15) is 0 Å². The highest BCUT2D eigenvalue weighted by Crippen LogP contribution is 1.86. The van der Waals surface area contributed by atoms with Crippen LogP contribution in [0.15, 0.2) is 0 Å². The van der Waals surface area contributed by atoms with E-state index in [1.807, 2.05) is 0 Å². The first-order valence-corrected chi connectivity index (χ1v) is 3.48. The lowest BCUT2D eigenvalue weighted by Crippen LogP contribution is -2.19. The van der Waals surface area contributed by atoms with Gasteiger partial charge in [0.2, 0.25) is 0 Å². The molecule has 8 heavy (non-hydrogen) atoms. The minimum Gasteiger partial charge on any atom is -0.316 e. The van der Waals surface area contributed by atoms with Gasteiger partial charge in [-0.05, 0) is 25.4 Å². The second-order valence-electron chi connectivity index (χ2n) is 2.60. The zero-order valence-corrected chi connectivity index (χ0v) is 6.20. The predicted octanol–water partition coefficient (Wildman–Crippen LogP) is 1.89. The van der Waals surface area contributed by atoms with Crippen LogP contribution in [0, 0.1) is 5.92 Å². The van der Waals surface area contributed by atoms with Gasteiger partial charge in [-0.3, -0.25) is 0 Å². The molecule has 0 atom stereocenters. The fraction of sp³-hybridized carbons (Fsp3) is 1.00. The summed E-state index contributed by atoms with van der Waals surface area (Å²) in [6.45, 7) is 8.96. The normalized spacial score (nSPS) is 10.5. The summed E-state index contributed by atoms with van der Waals surface area (Å²) < 4.78 is 0. The van der Waals surface area contributed by atoms with Gasteiger partial charge in [0, 0.05) is 1.43 Å². The molecule has 0 unspecified atom stereocenters. The van der Waals surface area contributed by atoms with Crippen LogP contribution in [0.3, 0.4) is 0 Å². The van der Waals surface area contributed by atoms with E-state index in [2.05, 4.69) is 26.1 Å². The van der Waals surface area contributed by atoms with Crippen LogP contribution in [0.2, 0.25) is 0 Å². The third-order valence-electron chi connectivity index (χ3n) is 0.979. The smallest absolute Gasteiger partial charge is 0 e. The van der Waals surface area contributed by atoms with Crippen molar-refractivity contribution in [1.29, 1.82) is 0 Å². The Hall–Kier alpha value is -0.0400. The predicted molar refractivity (Wildman–Crippen MR) is 40.1 cm³/mol. The highest BCUT2D eigenvalue weighted by atomic mass is 14.8. The molecular formula is C7H19N. The molecule has 0 heterocycles. The lowest BCUT2D eigenvalue weighted by Gasteiger charge is -2.03. The SMILES string of the molecule is CCCNCC(C)C.[HH]. The van der Waals surface area contributed by atoms with Gasteiger partial charge in [-0.15, -0.1) is 0 Å². The molecule has 0 aromatic heterocycles. The number of rotatable bonds is 4. The fourth-order valence-corrected chi connectivity index (χ4v) is 0.568. The van der Waals surface area contributed by atoms with Crippen molar-refractivity contribution in [2.24, 2.45) is 5.92 Å². The second-order valence-corrected chi connectivity index (χ2v) is 2.60. The monoisotopic (exact) mass is 117 g/mol. The molecule has 0 bridgehead atoms. The molecule has 0 aliphatic heterocycles. The summed E-state index contributed by atoms with van der Waals surface area (Å²) in [4.78, 5) is 0. The van der Waals surface area contributed by atoms with Crippen LogP contribution in [-0.4, -0.2) is 13.1 Å². The first-order chi connectivity index (χ1) is 3.77. The van der Waals surface area contributed by atoms with Gasteiger partial charge in [0.15, 0.2) is 0 Å². The van der Waals surface area contributed by atoms with Crippen molar-refractivity contribution >= 4 is 0 Å². The third kappa shape index (κ3) is 5.96. The summed E-state index contributed by atoms with van der Waals surface area (Å²) in [5, 5.41) is 3.33. The third-order valence-corrected chi connectivity index (χ3v) is 0.979. The van der Waals surface area contributed by atoms with E-state index in [1.54, 1.807) is 0 Å². The molecule has 52 valence electrons. The molecule has 0 radical (unpaired) electrons. The van der Waals surface area contributed by atoms with Gasteiger partial charge in [-0.1, -0.05) is 20.8 Å². The van der Waals surface area contributed by atoms with Crippen molar-refractivity contribution in [3.63, 3.8) is 0 Å². The molecule has 0 aromatic rings. The van der Waals surface area contributed by atoms with Crippen molar-refractivity contribution in [3.8, 4) is 0 Å². The van der Waals surface area contributed by atoms with E-state index in [0.717, 1.165) is 19.0 Å². The van der Waals surface area contributed by atoms with Crippen LogP contribution in [0.4, 0.5) is 0 Å². The van der Waals surface area contributed by atoms with E-state index in [4.69, 9.17) is 0 Å². The van der Waals surface area contributed by atoms with E-state index in [9.17, 15) is 0 Å². The standard InChI is InChI=1S/C7H17N.H2/c1-4-5-8-6-7(2)3;/h7-8H,4-6H2,1-3H3;1H. The van der Waals surface area contributed by atoms with Crippen LogP contribution >= 0.6 is 0 Å². The lowest BCUT2D eigenvalue weighted by molar-refractivity contribution is 0.550. The van der Waals surface area contributed by atoms with Crippen LogP contribution < -0.4 is 5.32 Å². The van der Waals surface area contributed by atoms with E-state index in [0.29, 0.717) is 0 Å². The molecule has 1 nitrogen and oxygen atoms in total. The van der Waals surface area contributed by atoms with Crippen LogP contribution in [0.25, 0.3) is 0 Å². The van der Waals surface area contributed by atoms with E-state index in [-0.39, 0.29) is 1.43 Å². The Kier molecular flexibility index (Phi) is 5.08. The number of hydrogen-bond acceptors (Lipinski definition) is 1. The molecule has 0 rings (SSSR count). The van der Waals surface area contributed by atoms with Crippen LogP contribution in [-0.2, 0) is 0 Å². The van der Waals surface area contributed by atoms with E-state index in [1.165, 1.54) is 6.42 Å². The molecule has 0 aliphatic rings. The summed E-state index contributed by atoms with van der Waals surface area (Å²) >= 11 is 0. The van der Waals surface area contributed by atoms with Crippen molar-refractivity contribution in [2.45, 2.75) is 27.2 Å². The Morgan fingerprint density at radius 3 is 2.50 bits per heavy atom. The lowest BCUT2D eigenvalue weighted by atomic mass is 10.2. The number of nitrogens with one attached hydrogen (secondary N) is 1. The van der Waals surface area contributed by atoms with Crippen molar-refractivity contribution in [3.05, 3.63) is 0 Å². The summed E-state index contributed by atoms with van der Waals surface area (Å²) in [5.41, 5.74) is 0.